The van der Waals surface area contributed by atoms with Crippen molar-refractivity contribution < 1.29 is 19.0 Å². The second kappa shape index (κ2) is 14.7. The van der Waals surface area contributed by atoms with Crippen LogP contribution in [0.5, 0.6) is 17.2 Å². The number of imidazole rings is 1. The predicted molar refractivity (Wildman–Crippen MR) is 188 cm³/mol. The first-order chi connectivity index (χ1) is 24.5. The summed E-state index contributed by atoms with van der Waals surface area (Å²) in [6, 6.07) is 15.9. The number of hydrogen-bond donors (Lipinski definition) is 0. The lowest BCUT2D eigenvalue weighted by atomic mass is 9.77. The van der Waals surface area contributed by atoms with E-state index >= 15 is 0 Å². The monoisotopic (exact) mass is 680 g/mol. The van der Waals surface area contributed by atoms with Gasteiger partial charge in [0.15, 0.2) is 11.5 Å². The van der Waals surface area contributed by atoms with E-state index in [-0.39, 0.29) is 11.3 Å². The molecule has 2 aromatic carbocycles. The Balaban J connectivity index is 1.06. The largest absolute Gasteiger partial charge is 0.493 e. The molecule has 0 N–H and O–H groups in total. The summed E-state index contributed by atoms with van der Waals surface area (Å²) in [4.78, 5) is 30.5. The van der Waals surface area contributed by atoms with Gasteiger partial charge in [0.25, 0.3) is 5.91 Å². The second-order valence-corrected chi connectivity index (χ2v) is 13.0. The van der Waals surface area contributed by atoms with Gasteiger partial charge in [0.2, 0.25) is 11.7 Å². The summed E-state index contributed by atoms with van der Waals surface area (Å²) in [7, 11) is 4.68. The molecule has 0 saturated carbocycles. The molecule has 2 aliphatic rings. The van der Waals surface area contributed by atoms with Gasteiger partial charge in [0.05, 0.1) is 38.9 Å². The molecule has 2 fully saturated rings. The Kier molecular flexibility index (Phi) is 9.78. The minimum atomic E-state index is -0.208. The Morgan fingerprint density at radius 1 is 0.900 bits per heavy atom. The first-order valence-electron chi connectivity index (χ1n) is 17.1. The third kappa shape index (κ3) is 6.67. The summed E-state index contributed by atoms with van der Waals surface area (Å²) >= 11 is 0. The fourth-order valence-corrected chi connectivity index (χ4v) is 7.47. The SMILES string of the molecule is COc1cc(C(=O)N2CCC(CCN3CCCN(c4nc5ccccc5n4CCn4cnnn4)CC3)(c3cccnc3)C2)cc(OC)c1OC. The third-order valence-electron chi connectivity index (χ3n) is 10.2. The molecule has 50 heavy (non-hydrogen) atoms. The maximum Gasteiger partial charge on any atom is 0.254 e. The van der Waals surface area contributed by atoms with Crippen LogP contribution in [-0.4, -0.2) is 118 Å². The van der Waals surface area contributed by atoms with Gasteiger partial charge < -0.3 is 33.5 Å². The zero-order valence-electron chi connectivity index (χ0n) is 28.9. The summed E-state index contributed by atoms with van der Waals surface area (Å²) in [5, 5.41) is 11.6. The van der Waals surface area contributed by atoms with Crippen molar-refractivity contribution in [3.8, 4) is 17.2 Å². The number of hydrogen-bond acceptors (Lipinski definition) is 11. The van der Waals surface area contributed by atoms with E-state index in [9.17, 15) is 4.79 Å². The fraction of sp³-hybridized carbons (Fsp3) is 0.444. The lowest BCUT2D eigenvalue weighted by molar-refractivity contribution is 0.0780. The molecule has 262 valence electrons. The summed E-state index contributed by atoms with van der Waals surface area (Å²) in [5.41, 5.74) is 3.58. The van der Waals surface area contributed by atoms with E-state index in [1.165, 1.54) is 5.56 Å². The van der Waals surface area contributed by atoms with Gasteiger partial charge in [-0.1, -0.05) is 18.2 Å². The van der Waals surface area contributed by atoms with Gasteiger partial charge in [0.1, 0.15) is 6.33 Å². The van der Waals surface area contributed by atoms with Crippen LogP contribution in [0.15, 0.2) is 67.3 Å². The number of carbonyl (C=O) groups excluding carboxylic acids is 1. The molecular weight excluding hydrogens is 636 g/mol. The Bertz CT molecular complexity index is 1870. The minimum Gasteiger partial charge on any atom is -0.493 e. The molecule has 0 aliphatic carbocycles. The van der Waals surface area contributed by atoms with Crippen molar-refractivity contribution in [3.63, 3.8) is 0 Å². The van der Waals surface area contributed by atoms with Gasteiger partial charge in [-0.3, -0.25) is 9.78 Å². The molecule has 1 unspecified atom stereocenters. The highest BCUT2D eigenvalue weighted by molar-refractivity contribution is 5.96. The molecule has 7 rings (SSSR count). The van der Waals surface area contributed by atoms with Crippen LogP contribution < -0.4 is 19.1 Å². The first kappa shape index (κ1) is 33.3. The van der Waals surface area contributed by atoms with E-state index in [0.717, 1.165) is 75.5 Å². The van der Waals surface area contributed by atoms with Crippen LogP contribution in [-0.2, 0) is 18.5 Å². The van der Waals surface area contributed by atoms with Crippen molar-refractivity contribution >= 4 is 22.9 Å². The lowest BCUT2D eigenvalue weighted by Gasteiger charge is -2.32. The van der Waals surface area contributed by atoms with Crippen molar-refractivity contribution in [2.75, 3.05) is 72.0 Å². The van der Waals surface area contributed by atoms with E-state index in [1.807, 2.05) is 29.4 Å². The van der Waals surface area contributed by atoms with E-state index in [0.29, 0.717) is 42.4 Å². The van der Waals surface area contributed by atoms with Gasteiger partial charge >= 0.3 is 0 Å². The highest BCUT2D eigenvalue weighted by Gasteiger charge is 2.42. The van der Waals surface area contributed by atoms with Crippen LogP contribution in [0.25, 0.3) is 11.0 Å². The number of anilines is 1. The number of benzene rings is 2. The summed E-state index contributed by atoms with van der Waals surface area (Å²) < 4.78 is 20.6. The number of carbonyl (C=O) groups is 1. The molecule has 1 amide bonds. The number of methoxy groups -OCH3 is 3. The predicted octanol–water partition coefficient (Wildman–Crippen LogP) is 3.53. The van der Waals surface area contributed by atoms with E-state index in [4.69, 9.17) is 19.2 Å². The van der Waals surface area contributed by atoms with Gasteiger partial charge in [-0.25, -0.2) is 9.67 Å². The standard InChI is InChI=1S/C36H44N10O4/c1-48-31-22-27(23-32(49-2)33(31)50-3)34(47)44-17-12-36(25-44,28-8-6-13-37-24-28)11-16-42-14-7-15-43(19-18-42)35-39-29-9-4-5-10-30(29)46(35)21-20-45-26-38-40-41-45/h4-6,8-10,13,22-24,26H,7,11-12,14-21,25H2,1-3H3. The number of fused-ring (bicyclic) bond motifs is 1. The van der Waals surface area contributed by atoms with Crippen LogP contribution in [0, 0.1) is 0 Å². The smallest absolute Gasteiger partial charge is 0.254 e. The van der Waals surface area contributed by atoms with Gasteiger partial charge in [-0.15, -0.1) is 5.10 Å². The van der Waals surface area contributed by atoms with Crippen LogP contribution in [0.4, 0.5) is 5.95 Å². The zero-order chi connectivity index (χ0) is 34.5. The Morgan fingerprint density at radius 3 is 2.48 bits per heavy atom. The van der Waals surface area contributed by atoms with Gasteiger partial charge in [-0.2, -0.15) is 0 Å². The molecular formula is C36H44N10O4. The zero-order valence-corrected chi connectivity index (χ0v) is 28.9. The lowest BCUT2D eigenvalue weighted by Crippen LogP contribution is -2.39. The Morgan fingerprint density at radius 2 is 1.74 bits per heavy atom. The molecule has 2 saturated heterocycles. The highest BCUT2D eigenvalue weighted by Crippen LogP contribution is 2.41. The fourth-order valence-electron chi connectivity index (χ4n) is 7.47. The average Bonchev–Trinajstić information content (AvgIpc) is 3.89. The highest BCUT2D eigenvalue weighted by atomic mass is 16.5. The van der Waals surface area contributed by atoms with Crippen molar-refractivity contribution in [2.24, 2.45) is 0 Å². The van der Waals surface area contributed by atoms with Crippen molar-refractivity contribution in [2.45, 2.75) is 37.8 Å². The number of likely N-dealkylation sites (tertiary alicyclic amines) is 1. The number of nitrogens with zero attached hydrogens (tertiary/aromatic N) is 10. The van der Waals surface area contributed by atoms with E-state index in [2.05, 4.69) is 59.1 Å². The van der Waals surface area contributed by atoms with E-state index < -0.39 is 0 Å². The Hall–Kier alpha value is -5.24. The van der Waals surface area contributed by atoms with Crippen LogP contribution in [0.3, 0.4) is 0 Å². The summed E-state index contributed by atoms with van der Waals surface area (Å²) in [5.74, 6) is 2.33. The average molecular weight is 681 g/mol. The molecule has 2 aliphatic heterocycles. The minimum absolute atomic E-state index is 0.0524. The number of aromatic nitrogens is 7. The third-order valence-corrected chi connectivity index (χ3v) is 10.2. The molecule has 0 bridgehead atoms. The first-order valence-corrected chi connectivity index (χ1v) is 17.1. The van der Waals surface area contributed by atoms with Crippen molar-refractivity contribution in [1.29, 1.82) is 0 Å². The number of ether oxygens (including phenoxy) is 3. The second-order valence-electron chi connectivity index (χ2n) is 13.0. The molecule has 5 heterocycles. The normalized spacial score (nSPS) is 18.4. The van der Waals surface area contributed by atoms with Crippen LogP contribution >= 0.6 is 0 Å². The molecule has 5 aromatic rings. The molecule has 0 spiro atoms. The number of pyridine rings is 1. The topological polar surface area (TPSA) is 129 Å². The van der Waals surface area contributed by atoms with Crippen molar-refractivity contribution in [1.82, 2.24) is 44.5 Å². The maximum atomic E-state index is 14.0. The molecule has 1 atom stereocenters. The van der Waals surface area contributed by atoms with Gasteiger partial charge in [0, 0.05) is 62.6 Å². The van der Waals surface area contributed by atoms with Crippen LogP contribution in [0.2, 0.25) is 0 Å². The van der Waals surface area contributed by atoms with E-state index in [1.54, 1.807) is 44.5 Å². The summed E-state index contributed by atoms with van der Waals surface area (Å²) in [6.07, 6.45) is 8.24. The molecule has 0 radical (unpaired) electrons. The summed E-state index contributed by atoms with van der Waals surface area (Å²) in [6.45, 7) is 7.29. The molecule has 14 nitrogen and oxygen atoms in total. The van der Waals surface area contributed by atoms with Crippen LogP contribution in [0.1, 0.15) is 35.2 Å². The number of aryl methyl sites for hydroxylation is 2. The number of tetrazole rings is 1. The van der Waals surface area contributed by atoms with Crippen molar-refractivity contribution in [3.05, 3.63) is 78.4 Å². The number of para-hydroxylation sites is 2. The molecule has 14 heteroatoms. The molecule has 3 aromatic heterocycles. The number of amides is 1. The number of rotatable bonds is 12. The quantitative estimate of drug-likeness (QED) is 0.192. The Labute approximate surface area is 291 Å². The maximum absolute atomic E-state index is 14.0. The van der Waals surface area contributed by atoms with Gasteiger partial charge in [-0.05, 0) is 78.7 Å².